The molecule has 31 heavy (non-hydrogen) atoms. The fraction of sp³-hybridized carbons (Fsp3) is 0.273. The van der Waals surface area contributed by atoms with Crippen molar-refractivity contribution in [1.82, 2.24) is 19.6 Å². The Bertz CT molecular complexity index is 1120. The molecule has 1 heterocycles. The number of amides is 1. The van der Waals surface area contributed by atoms with Crippen LogP contribution >= 0.6 is 0 Å². The summed E-state index contributed by atoms with van der Waals surface area (Å²) in [5, 5.41) is 2.87. The molecule has 3 rings (SSSR count). The number of hydrogen-bond acceptors (Lipinski definition) is 4. The lowest BCUT2D eigenvalue weighted by atomic mass is 10.2. The monoisotopic (exact) mass is 444 g/mol. The molecular formula is C22H25FN4O3S. The highest BCUT2D eigenvalue weighted by Gasteiger charge is 2.21. The Morgan fingerprint density at radius 2 is 1.84 bits per heavy atom. The highest BCUT2D eigenvalue weighted by molar-refractivity contribution is 7.89. The summed E-state index contributed by atoms with van der Waals surface area (Å²) in [6, 6.07) is 14.1. The van der Waals surface area contributed by atoms with Crippen LogP contribution in [0.4, 0.5) is 4.39 Å². The van der Waals surface area contributed by atoms with Gasteiger partial charge in [-0.1, -0.05) is 30.3 Å². The molecule has 0 radical (unpaired) electrons. The SMILES string of the molecule is CC(NC(=O)CCCN(C)S(=O)(=O)c1ccc(F)cc1)c1ncc(-c2ccccc2)[nH]1. The second-order valence-electron chi connectivity index (χ2n) is 7.22. The Morgan fingerprint density at radius 3 is 2.52 bits per heavy atom. The summed E-state index contributed by atoms with van der Waals surface area (Å²) in [7, 11) is -2.29. The first-order valence-corrected chi connectivity index (χ1v) is 11.3. The van der Waals surface area contributed by atoms with E-state index in [-0.39, 0.29) is 29.8 Å². The van der Waals surface area contributed by atoms with E-state index in [1.54, 1.807) is 6.20 Å². The van der Waals surface area contributed by atoms with Gasteiger partial charge >= 0.3 is 0 Å². The van der Waals surface area contributed by atoms with Gasteiger partial charge in [0, 0.05) is 20.0 Å². The van der Waals surface area contributed by atoms with Gasteiger partial charge in [-0.05, 0) is 43.2 Å². The molecule has 0 bridgehead atoms. The third kappa shape index (κ3) is 5.77. The van der Waals surface area contributed by atoms with E-state index in [0.29, 0.717) is 12.2 Å². The summed E-state index contributed by atoms with van der Waals surface area (Å²) in [5.41, 5.74) is 1.87. The molecule has 0 fully saturated rings. The Balaban J connectivity index is 1.49. The molecule has 3 aromatic rings. The summed E-state index contributed by atoms with van der Waals surface area (Å²) in [5.74, 6) is -0.0548. The average Bonchev–Trinajstić information content (AvgIpc) is 3.25. The van der Waals surface area contributed by atoms with Crippen LogP contribution in [0, 0.1) is 5.82 Å². The molecule has 2 N–H and O–H groups in total. The predicted molar refractivity (Wildman–Crippen MR) is 116 cm³/mol. The number of H-pyrrole nitrogens is 1. The van der Waals surface area contributed by atoms with Gasteiger partial charge in [0.2, 0.25) is 15.9 Å². The van der Waals surface area contributed by atoms with Gasteiger partial charge in [0.25, 0.3) is 0 Å². The molecule has 1 atom stereocenters. The Labute approximate surface area is 181 Å². The van der Waals surface area contributed by atoms with Gasteiger partial charge in [-0.15, -0.1) is 0 Å². The Morgan fingerprint density at radius 1 is 1.16 bits per heavy atom. The van der Waals surface area contributed by atoms with Crippen molar-refractivity contribution in [3.8, 4) is 11.3 Å². The van der Waals surface area contributed by atoms with Crippen molar-refractivity contribution < 1.29 is 17.6 Å². The molecule has 1 amide bonds. The fourth-order valence-electron chi connectivity index (χ4n) is 3.07. The summed E-state index contributed by atoms with van der Waals surface area (Å²) in [4.78, 5) is 19.8. The highest BCUT2D eigenvalue weighted by Crippen LogP contribution is 2.19. The molecule has 1 aromatic heterocycles. The number of carbonyl (C=O) groups excluding carboxylic acids is 1. The molecule has 2 aromatic carbocycles. The van der Waals surface area contributed by atoms with Crippen LogP contribution in [-0.4, -0.2) is 42.2 Å². The van der Waals surface area contributed by atoms with E-state index in [1.807, 2.05) is 37.3 Å². The topological polar surface area (TPSA) is 95.2 Å². The predicted octanol–water partition coefficient (Wildman–Crippen LogP) is 3.49. The fourth-order valence-corrected chi connectivity index (χ4v) is 4.28. The van der Waals surface area contributed by atoms with Crippen molar-refractivity contribution in [2.24, 2.45) is 0 Å². The lowest BCUT2D eigenvalue weighted by Crippen LogP contribution is -2.30. The Hall–Kier alpha value is -3.04. The van der Waals surface area contributed by atoms with Crippen LogP contribution in [0.2, 0.25) is 0 Å². The second kappa shape index (κ2) is 9.84. The number of aromatic amines is 1. The molecule has 0 spiro atoms. The van der Waals surface area contributed by atoms with E-state index in [0.717, 1.165) is 27.7 Å². The number of aromatic nitrogens is 2. The molecule has 9 heteroatoms. The molecule has 1 unspecified atom stereocenters. The lowest BCUT2D eigenvalue weighted by molar-refractivity contribution is -0.121. The van der Waals surface area contributed by atoms with E-state index in [4.69, 9.17) is 0 Å². The first kappa shape index (κ1) is 22.6. The minimum Gasteiger partial charge on any atom is -0.346 e. The number of rotatable bonds is 9. The molecular weight excluding hydrogens is 419 g/mol. The van der Waals surface area contributed by atoms with Crippen molar-refractivity contribution in [3.63, 3.8) is 0 Å². The largest absolute Gasteiger partial charge is 0.346 e. The van der Waals surface area contributed by atoms with Gasteiger partial charge in [0.15, 0.2) is 0 Å². The third-order valence-electron chi connectivity index (χ3n) is 4.87. The summed E-state index contributed by atoms with van der Waals surface area (Å²) < 4.78 is 39.2. The molecule has 164 valence electrons. The van der Waals surface area contributed by atoms with Crippen LogP contribution in [0.5, 0.6) is 0 Å². The van der Waals surface area contributed by atoms with E-state index in [1.165, 1.54) is 19.2 Å². The maximum absolute atomic E-state index is 13.0. The quantitative estimate of drug-likeness (QED) is 0.528. The normalized spacial score (nSPS) is 12.6. The zero-order valence-corrected chi connectivity index (χ0v) is 18.2. The second-order valence-corrected chi connectivity index (χ2v) is 9.27. The van der Waals surface area contributed by atoms with Crippen molar-refractivity contribution in [3.05, 3.63) is 72.4 Å². The number of nitrogens with zero attached hydrogens (tertiary/aromatic N) is 2. The maximum Gasteiger partial charge on any atom is 0.242 e. The van der Waals surface area contributed by atoms with Gasteiger partial charge in [-0.3, -0.25) is 4.79 Å². The summed E-state index contributed by atoms with van der Waals surface area (Å²) in [6.07, 6.45) is 2.24. The van der Waals surface area contributed by atoms with E-state index < -0.39 is 15.8 Å². The molecule has 0 aliphatic carbocycles. The molecule has 0 aliphatic rings. The first-order valence-electron chi connectivity index (χ1n) is 9.89. The van der Waals surface area contributed by atoms with Crippen LogP contribution in [-0.2, 0) is 14.8 Å². The third-order valence-corrected chi connectivity index (χ3v) is 6.74. The number of halogens is 1. The summed E-state index contributed by atoms with van der Waals surface area (Å²) in [6.45, 7) is 2.00. The smallest absolute Gasteiger partial charge is 0.242 e. The van der Waals surface area contributed by atoms with Gasteiger partial charge in [0.05, 0.1) is 22.8 Å². The summed E-state index contributed by atoms with van der Waals surface area (Å²) >= 11 is 0. The van der Waals surface area contributed by atoms with Crippen LogP contribution in [0.15, 0.2) is 65.7 Å². The molecule has 0 saturated heterocycles. The van der Waals surface area contributed by atoms with Crippen molar-refractivity contribution in [2.45, 2.75) is 30.7 Å². The van der Waals surface area contributed by atoms with Gasteiger partial charge < -0.3 is 10.3 Å². The van der Waals surface area contributed by atoms with E-state index in [2.05, 4.69) is 15.3 Å². The number of hydrogen-bond donors (Lipinski definition) is 2. The number of imidazole rings is 1. The van der Waals surface area contributed by atoms with Gasteiger partial charge in [-0.25, -0.2) is 22.1 Å². The average molecular weight is 445 g/mol. The van der Waals surface area contributed by atoms with Crippen LogP contribution < -0.4 is 5.32 Å². The van der Waals surface area contributed by atoms with Crippen LogP contribution in [0.3, 0.4) is 0 Å². The van der Waals surface area contributed by atoms with Gasteiger partial charge in [-0.2, -0.15) is 0 Å². The van der Waals surface area contributed by atoms with E-state index in [9.17, 15) is 17.6 Å². The minimum atomic E-state index is -3.72. The number of sulfonamides is 1. The van der Waals surface area contributed by atoms with E-state index >= 15 is 0 Å². The van der Waals surface area contributed by atoms with Crippen molar-refractivity contribution in [2.75, 3.05) is 13.6 Å². The number of nitrogens with one attached hydrogen (secondary N) is 2. The minimum absolute atomic E-state index is 0.0153. The van der Waals surface area contributed by atoms with Crippen molar-refractivity contribution >= 4 is 15.9 Å². The molecule has 0 aliphatic heterocycles. The standard InChI is InChI=1S/C22H25FN4O3S/c1-16(22-24-15-20(26-22)17-7-4-3-5-8-17)25-21(28)9-6-14-27(2)31(29,30)19-12-10-18(23)11-13-19/h3-5,7-8,10-13,15-16H,6,9,14H2,1-2H3,(H,24,26)(H,25,28). The van der Waals surface area contributed by atoms with Crippen molar-refractivity contribution in [1.29, 1.82) is 0 Å². The van der Waals surface area contributed by atoms with Crippen LogP contribution in [0.25, 0.3) is 11.3 Å². The van der Waals surface area contributed by atoms with Crippen LogP contribution in [0.1, 0.15) is 31.6 Å². The Kier molecular flexibility index (Phi) is 7.19. The maximum atomic E-state index is 13.0. The number of benzene rings is 2. The molecule has 7 nitrogen and oxygen atoms in total. The number of carbonyl (C=O) groups is 1. The zero-order chi connectivity index (χ0) is 22.4. The molecule has 0 saturated carbocycles. The first-order chi connectivity index (χ1) is 14.8. The van der Waals surface area contributed by atoms with Gasteiger partial charge in [0.1, 0.15) is 11.6 Å². The zero-order valence-electron chi connectivity index (χ0n) is 17.4. The highest BCUT2D eigenvalue weighted by atomic mass is 32.2. The lowest BCUT2D eigenvalue weighted by Gasteiger charge is -2.17.